The molecule has 0 saturated heterocycles. The first-order chi connectivity index (χ1) is 5.63. The summed E-state index contributed by atoms with van der Waals surface area (Å²) in [6.45, 7) is 0. The minimum atomic E-state index is -0.916. The van der Waals surface area contributed by atoms with E-state index in [-0.39, 0.29) is 5.92 Å². The van der Waals surface area contributed by atoms with Gasteiger partial charge in [-0.1, -0.05) is 12.8 Å². The smallest absolute Gasteiger partial charge is 0.325 e. The molecule has 0 aliphatic heterocycles. The number of aliphatic carboxylic acids is 1. The molecule has 2 nitrogen and oxygen atoms in total. The van der Waals surface area contributed by atoms with Gasteiger partial charge in [-0.05, 0) is 31.1 Å². The van der Waals surface area contributed by atoms with Crippen LogP contribution in [0.4, 0.5) is 0 Å². The van der Waals surface area contributed by atoms with E-state index < -0.39 is 10.8 Å². The number of carboxylic acid groups (broad SMARTS) is 1. The molecule has 12 heavy (non-hydrogen) atoms. The Bertz CT molecular complexity index is 209. The fourth-order valence-corrected chi connectivity index (χ4v) is 3.11. The molecule has 2 bridgehead atoms. The molecular weight excluding hydrogens is 176 g/mol. The zero-order chi connectivity index (χ0) is 8.77. The van der Waals surface area contributed by atoms with Crippen LogP contribution in [0.5, 0.6) is 0 Å². The number of rotatable bonds is 1. The Morgan fingerprint density at radius 3 is 2.17 bits per heavy atom. The van der Waals surface area contributed by atoms with E-state index in [0.29, 0.717) is 12.3 Å². The average molecular weight is 189 g/mol. The zero-order valence-corrected chi connectivity index (χ0v) is 7.68. The molecule has 0 radical (unpaired) electrons. The van der Waals surface area contributed by atoms with Gasteiger partial charge in [-0.3, -0.25) is 4.79 Å². The first-order valence-electron chi connectivity index (χ1n) is 4.55. The summed E-state index contributed by atoms with van der Waals surface area (Å²) in [6, 6.07) is 0. The fourth-order valence-electron chi connectivity index (χ4n) is 2.67. The topological polar surface area (TPSA) is 37.3 Å². The van der Waals surface area contributed by atoms with E-state index in [2.05, 4.69) is 0 Å². The predicted octanol–water partition coefficient (Wildman–Crippen LogP) is 2.26. The Morgan fingerprint density at radius 1 is 1.33 bits per heavy atom. The minimum absolute atomic E-state index is 0.224. The van der Waals surface area contributed by atoms with Crippen molar-refractivity contribution in [2.75, 3.05) is 0 Å². The van der Waals surface area contributed by atoms with E-state index in [4.69, 9.17) is 16.7 Å². The summed E-state index contributed by atoms with van der Waals surface area (Å²) < 4.78 is 0. The monoisotopic (exact) mass is 188 g/mol. The van der Waals surface area contributed by atoms with Gasteiger partial charge in [0.15, 0.2) is 0 Å². The lowest BCUT2D eigenvalue weighted by molar-refractivity contribution is -0.145. The molecule has 3 heteroatoms. The van der Waals surface area contributed by atoms with Gasteiger partial charge in [0.05, 0.1) is 0 Å². The maximum Gasteiger partial charge on any atom is 0.325 e. The van der Waals surface area contributed by atoms with Crippen LogP contribution >= 0.6 is 11.6 Å². The summed E-state index contributed by atoms with van der Waals surface area (Å²) in [6.07, 6.45) is 5.09. The van der Waals surface area contributed by atoms with Gasteiger partial charge in [-0.25, -0.2) is 0 Å². The average Bonchev–Trinajstić information content (AvgIpc) is 2.05. The second-order valence-corrected chi connectivity index (χ2v) is 4.76. The zero-order valence-electron chi connectivity index (χ0n) is 6.92. The van der Waals surface area contributed by atoms with Crippen molar-refractivity contribution in [3.8, 4) is 0 Å². The predicted molar refractivity (Wildman–Crippen MR) is 46.3 cm³/mol. The molecule has 3 aliphatic carbocycles. The molecule has 0 aromatic heterocycles. The summed E-state index contributed by atoms with van der Waals surface area (Å²) >= 11 is 6.11. The Morgan fingerprint density at radius 2 is 1.92 bits per heavy atom. The van der Waals surface area contributed by atoms with Crippen LogP contribution in [-0.4, -0.2) is 16.0 Å². The van der Waals surface area contributed by atoms with Crippen molar-refractivity contribution in [1.29, 1.82) is 0 Å². The van der Waals surface area contributed by atoms with Crippen LogP contribution in [0.15, 0.2) is 0 Å². The Balaban J connectivity index is 2.22. The molecule has 0 aromatic carbocycles. The van der Waals surface area contributed by atoms with Gasteiger partial charge in [-0.2, -0.15) is 0 Å². The fraction of sp³-hybridized carbons (Fsp3) is 0.889. The van der Waals surface area contributed by atoms with Crippen molar-refractivity contribution >= 4 is 17.6 Å². The molecule has 1 atom stereocenters. The number of carbonyl (C=O) groups is 1. The van der Waals surface area contributed by atoms with Crippen LogP contribution in [0, 0.1) is 11.8 Å². The maximum absolute atomic E-state index is 10.9. The lowest BCUT2D eigenvalue weighted by Gasteiger charge is -2.45. The molecule has 1 unspecified atom stereocenters. The van der Waals surface area contributed by atoms with Crippen LogP contribution in [0.25, 0.3) is 0 Å². The highest BCUT2D eigenvalue weighted by Crippen LogP contribution is 2.50. The Kier molecular flexibility index (Phi) is 1.83. The van der Waals surface area contributed by atoms with Crippen molar-refractivity contribution in [2.45, 2.75) is 37.0 Å². The molecule has 3 saturated carbocycles. The number of alkyl halides is 1. The van der Waals surface area contributed by atoms with E-state index in [1.165, 1.54) is 12.8 Å². The van der Waals surface area contributed by atoms with Crippen molar-refractivity contribution in [3.05, 3.63) is 0 Å². The highest BCUT2D eigenvalue weighted by atomic mass is 35.5. The largest absolute Gasteiger partial charge is 0.480 e. The maximum atomic E-state index is 10.9. The number of halogens is 1. The molecule has 0 amide bonds. The quantitative estimate of drug-likeness (QED) is 0.641. The van der Waals surface area contributed by atoms with Gasteiger partial charge in [0.1, 0.15) is 4.87 Å². The standard InChI is InChI=1S/C9H13ClO2/c10-9(8(11)12)5-6-1-3-7(9)4-2-6/h6-7H,1-5H2,(H,11,12). The SMILES string of the molecule is O=C(O)C1(Cl)CC2CCC1CC2. The first kappa shape index (κ1) is 8.36. The van der Waals surface area contributed by atoms with Gasteiger partial charge >= 0.3 is 5.97 Å². The van der Waals surface area contributed by atoms with Gasteiger partial charge in [0.25, 0.3) is 0 Å². The van der Waals surface area contributed by atoms with Crippen LogP contribution in [0.2, 0.25) is 0 Å². The molecule has 3 aliphatic rings. The summed E-state index contributed by atoms with van der Waals surface area (Å²) in [5.41, 5.74) is 0. The van der Waals surface area contributed by atoms with Crippen LogP contribution < -0.4 is 0 Å². The van der Waals surface area contributed by atoms with E-state index in [1.54, 1.807) is 0 Å². The molecule has 3 fully saturated rings. The lowest BCUT2D eigenvalue weighted by atomic mass is 9.64. The summed E-state index contributed by atoms with van der Waals surface area (Å²) in [7, 11) is 0. The number of carboxylic acids is 1. The van der Waals surface area contributed by atoms with E-state index in [1.807, 2.05) is 0 Å². The third-order valence-corrected chi connectivity index (χ3v) is 4.06. The highest BCUT2D eigenvalue weighted by molar-refractivity contribution is 6.34. The third kappa shape index (κ3) is 1.05. The number of hydrogen-bond acceptors (Lipinski definition) is 1. The Labute approximate surface area is 76.9 Å². The van der Waals surface area contributed by atoms with Gasteiger partial charge in [-0.15, -0.1) is 11.6 Å². The first-order valence-corrected chi connectivity index (χ1v) is 4.93. The van der Waals surface area contributed by atoms with Crippen molar-refractivity contribution in [3.63, 3.8) is 0 Å². The Hall–Kier alpha value is -0.240. The van der Waals surface area contributed by atoms with E-state index in [9.17, 15) is 4.79 Å². The van der Waals surface area contributed by atoms with Crippen LogP contribution in [0.3, 0.4) is 0 Å². The molecular formula is C9H13ClO2. The number of hydrogen-bond donors (Lipinski definition) is 1. The second kappa shape index (κ2) is 2.63. The van der Waals surface area contributed by atoms with Crippen LogP contribution in [0.1, 0.15) is 32.1 Å². The number of fused-ring (bicyclic) bond motifs is 3. The highest BCUT2D eigenvalue weighted by Gasteiger charge is 2.51. The lowest BCUT2D eigenvalue weighted by Crippen LogP contribution is -2.48. The van der Waals surface area contributed by atoms with Crippen molar-refractivity contribution in [2.24, 2.45) is 11.8 Å². The molecule has 1 N–H and O–H groups in total. The minimum Gasteiger partial charge on any atom is -0.480 e. The third-order valence-electron chi connectivity index (χ3n) is 3.44. The van der Waals surface area contributed by atoms with E-state index >= 15 is 0 Å². The van der Waals surface area contributed by atoms with Gasteiger partial charge in [0.2, 0.25) is 0 Å². The van der Waals surface area contributed by atoms with Crippen LogP contribution in [-0.2, 0) is 4.79 Å². The normalized spacial score (nSPS) is 46.1. The second-order valence-electron chi connectivity index (χ2n) is 4.09. The van der Waals surface area contributed by atoms with Crippen molar-refractivity contribution in [1.82, 2.24) is 0 Å². The molecule has 0 aromatic rings. The van der Waals surface area contributed by atoms with Gasteiger partial charge < -0.3 is 5.11 Å². The van der Waals surface area contributed by atoms with E-state index in [0.717, 1.165) is 12.8 Å². The summed E-state index contributed by atoms with van der Waals surface area (Å²) in [5, 5.41) is 8.99. The summed E-state index contributed by atoms with van der Waals surface area (Å²) in [4.78, 5) is 10.0. The summed E-state index contributed by atoms with van der Waals surface area (Å²) in [5.74, 6) is -0.0103. The molecule has 0 spiro atoms. The molecule has 3 rings (SSSR count). The van der Waals surface area contributed by atoms with Gasteiger partial charge in [0, 0.05) is 0 Å². The molecule has 68 valence electrons. The molecule has 0 heterocycles. The van der Waals surface area contributed by atoms with Crippen molar-refractivity contribution < 1.29 is 9.90 Å².